The highest BCUT2D eigenvalue weighted by atomic mass is 16.2. The molecule has 3 N–H and O–H groups in total. The summed E-state index contributed by atoms with van der Waals surface area (Å²) in [5.74, 6) is 0.128. The van der Waals surface area contributed by atoms with Gasteiger partial charge in [-0.25, -0.2) is 0 Å². The minimum atomic E-state index is -0.00379. The van der Waals surface area contributed by atoms with Gasteiger partial charge in [0.25, 0.3) is 0 Å². The molecule has 2 rings (SSSR count). The summed E-state index contributed by atoms with van der Waals surface area (Å²) < 4.78 is 0. The van der Waals surface area contributed by atoms with Gasteiger partial charge in [0.15, 0.2) is 0 Å². The van der Waals surface area contributed by atoms with Crippen molar-refractivity contribution >= 4 is 5.91 Å². The van der Waals surface area contributed by atoms with Crippen LogP contribution in [0.3, 0.4) is 0 Å². The molecule has 4 heteroatoms. The van der Waals surface area contributed by atoms with Crippen LogP contribution < -0.4 is 11.1 Å². The number of nitrogens with zero attached hydrogens (tertiary/aromatic N) is 1. The molecule has 0 radical (unpaired) electrons. The minimum absolute atomic E-state index is 0.00379. The maximum absolute atomic E-state index is 11.7. The highest BCUT2D eigenvalue weighted by Gasteiger charge is 2.28. The first-order chi connectivity index (χ1) is 6.65. The monoisotopic (exact) mass is 195 g/mol. The van der Waals surface area contributed by atoms with Gasteiger partial charge >= 0.3 is 0 Å². The second-order valence-electron chi connectivity index (χ2n) is 4.32. The first kappa shape index (κ1) is 9.68. The molecule has 2 atom stereocenters. The molecule has 78 valence electrons. The number of amides is 1. The molecule has 0 spiro atoms. The second kappa shape index (κ2) is 3.71. The number of likely N-dealkylation sites (tertiary alicyclic amines) is 1. The molecule has 0 aromatic heterocycles. The van der Waals surface area contributed by atoms with Crippen LogP contribution in [0.4, 0.5) is 0 Å². The van der Waals surface area contributed by atoms with Gasteiger partial charge in [0.05, 0.1) is 12.0 Å². The van der Waals surface area contributed by atoms with Crippen LogP contribution in [-0.2, 0) is 4.79 Å². The van der Waals surface area contributed by atoms with Crippen LogP contribution in [0.5, 0.6) is 0 Å². The number of nitrogens with one attached hydrogen (secondary N) is 1. The first-order valence-electron chi connectivity index (χ1n) is 5.08. The summed E-state index contributed by atoms with van der Waals surface area (Å²) >= 11 is 0. The smallest absolute Gasteiger partial charge is 0.227 e. The predicted octanol–water partition coefficient (Wildman–Crippen LogP) is -0.680. The van der Waals surface area contributed by atoms with Crippen molar-refractivity contribution in [3.8, 4) is 0 Å². The third kappa shape index (κ3) is 1.96. The molecule has 0 aromatic rings. The van der Waals surface area contributed by atoms with Crippen LogP contribution >= 0.6 is 0 Å². The zero-order valence-electron chi connectivity index (χ0n) is 8.44. The fourth-order valence-corrected chi connectivity index (χ4v) is 2.02. The van der Waals surface area contributed by atoms with E-state index in [2.05, 4.69) is 10.2 Å². The zero-order chi connectivity index (χ0) is 10.1. The van der Waals surface area contributed by atoms with Crippen LogP contribution in [0.15, 0.2) is 12.2 Å². The van der Waals surface area contributed by atoms with E-state index in [1.54, 1.807) is 0 Å². The van der Waals surface area contributed by atoms with Gasteiger partial charge < -0.3 is 16.0 Å². The number of hydrogen-bond acceptors (Lipinski definition) is 3. The summed E-state index contributed by atoms with van der Waals surface area (Å²) in [5, 5.41) is 3.02. The number of carbonyl (C=O) groups excluding carboxylic acids is 1. The highest BCUT2D eigenvalue weighted by molar-refractivity contribution is 5.81. The lowest BCUT2D eigenvalue weighted by molar-refractivity contribution is -0.125. The standard InChI is InChI=1S/C10H17N3O/c1-13-5-9(6-13)12-10(14)7-2-3-8(11)4-7/h2-3,7-9H,4-6,11H2,1H3,(H,12,14). The summed E-state index contributed by atoms with van der Waals surface area (Å²) in [6.45, 7) is 1.93. The summed E-state index contributed by atoms with van der Waals surface area (Å²) in [6.07, 6.45) is 4.59. The van der Waals surface area contributed by atoms with Crippen LogP contribution in [0.25, 0.3) is 0 Å². The number of rotatable bonds is 2. The molecule has 2 unspecified atom stereocenters. The van der Waals surface area contributed by atoms with Crippen LogP contribution in [0.2, 0.25) is 0 Å². The van der Waals surface area contributed by atoms with Crippen LogP contribution in [0, 0.1) is 5.92 Å². The SMILES string of the molecule is CN1CC(NC(=O)C2C=CC(N)C2)C1. The third-order valence-corrected chi connectivity index (χ3v) is 2.86. The number of carbonyl (C=O) groups is 1. The van der Waals surface area contributed by atoms with Gasteiger partial charge in [-0.15, -0.1) is 0 Å². The predicted molar refractivity (Wildman–Crippen MR) is 54.7 cm³/mol. The summed E-state index contributed by atoms with van der Waals surface area (Å²) in [4.78, 5) is 13.8. The Morgan fingerprint density at radius 1 is 1.50 bits per heavy atom. The maximum atomic E-state index is 11.7. The van der Waals surface area contributed by atoms with Crippen molar-refractivity contribution < 1.29 is 4.79 Å². The zero-order valence-corrected chi connectivity index (χ0v) is 8.44. The van der Waals surface area contributed by atoms with Gasteiger partial charge in [-0.05, 0) is 13.5 Å². The van der Waals surface area contributed by atoms with Gasteiger partial charge in [0.1, 0.15) is 0 Å². The van der Waals surface area contributed by atoms with Gasteiger partial charge in [-0.3, -0.25) is 4.79 Å². The van der Waals surface area contributed by atoms with Crippen molar-refractivity contribution in [1.29, 1.82) is 0 Å². The summed E-state index contributed by atoms with van der Waals surface area (Å²) in [7, 11) is 2.05. The molecule has 1 aliphatic carbocycles. The van der Waals surface area contributed by atoms with E-state index < -0.39 is 0 Å². The second-order valence-corrected chi connectivity index (χ2v) is 4.32. The fourth-order valence-electron chi connectivity index (χ4n) is 2.02. The molecule has 1 fully saturated rings. The molecule has 0 saturated carbocycles. The van der Waals surface area contributed by atoms with Crippen molar-refractivity contribution in [2.75, 3.05) is 20.1 Å². The molecule has 0 aromatic carbocycles. The Morgan fingerprint density at radius 3 is 2.71 bits per heavy atom. The Labute approximate surface area is 84.1 Å². The lowest BCUT2D eigenvalue weighted by atomic mass is 10.0. The van der Waals surface area contributed by atoms with Crippen LogP contribution in [-0.4, -0.2) is 43.0 Å². The number of hydrogen-bond donors (Lipinski definition) is 2. The van der Waals surface area contributed by atoms with Crippen molar-refractivity contribution in [1.82, 2.24) is 10.2 Å². The minimum Gasteiger partial charge on any atom is -0.350 e. The van der Waals surface area contributed by atoms with E-state index in [-0.39, 0.29) is 17.9 Å². The lowest BCUT2D eigenvalue weighted by Gasteiger charge is -2.37. The third-order valence-electron chi connectivity index (χ3n) is 2.86. The van der Waals surface area contributed by atoms with Gasteiger partial charge in [0.2, 0.25) is 5.91 Å². The molecule has 1 amide bonds. The summed E-state index contributed by atoms with van der Waals surface area (Å²) in [6, 6.07) is 0.410. The lowest BCUT2D eigenvalue weighted by Crippen LogP contribution is -2.58. The van der Waals surface area contributed by atoms with Crippen molar-refractivity contribution in [2.24, 2.45) is 11.7 Å². The van der Waals surface area contributed by atoms with E-state index in [4.69, 9.17) is 5.73 Å². The molecule has 0 bridgehead atoms. The fraction of sp³-hybridized carbons (Fsp3) is 0.700. The largest absolute Gasteiger partial charge is 0.350 e. The van der Waals surface area contributed by atoms with E-state index >= 15 is 0 Å². The molecule has 4 nitrogen and oxygen atoms in total. The molecule has 1 aliphatic heterocycles. The molecule has 1 saturated heterocycles. The first-order valence-corrected chi connectivity index (χ1v) is 5.08. The molecular formula is C10H17N3O. The van der Waals surface area contributed by atoms with Crippen molar-refractivity contribution in [3.05, 3.63) is 12.2 Å². The Hall–Kier alpha value is -0.870. The van der Waals surface area contributed by atoms with Gasteiger partial charge in [-0.2, -0.15) is 0 Å². The number of nitrogens with two attached hydrogens (primary N) is 1. The average Bonchev–Trinajstić information content (AvgIpc) is 2.49. The molecule has 2 aliphatic rings. The quantitative estimate of drug-likeness (QED) is 0.574. The normalized spacial score (nSPS) is 33.0. The summed E-state index contributed by atoms with van der Waals surface area (Å²) in [5.41, 5.74) is 5.69. The Balaban J connectivity index is 1.76. The molecular weight excluding hydrogens is 178 g/mol. The highest BCUT2D eigenvalue weighted by Crippen LogP contribution is 2.17. The Morgan fingerprint density at radius 2 is 2.21 bits per heavy atom. The molecule has 1 heterocycles. The van der Waals surface area contributed by atoms with Gasteiger partial charge in [0, 0.05) is 19.1 Å². The van der Waals surface area contributed by atoms with E-state index in [0.29, 0.717) is 6.04 Å². The van der Waals surface area contributed by atoms with E-state index in [1.807, 2.05) is 19.2 Å². The van der Waals surface area contributed by atoms with Crippen molar-refractivity contribution in [3.63, 3.8) is 0 Å². The van der Waals surface area contributed by atoms with E-state index in [0.717, 1.165) is 19.5 Å². The van der Waals surface area contributed by atoms with Gasteiger partial charge in [-0.1, -0.05) is 12.2 Å². The average molecular weight is 195 g/mol. The Bertz CT molecular complexity index is 258. The molecule has 14 heavy (non-hydrogen) atoms. The van der Waals surface area contributed by atoms with E-state index in [9.17, 15) is 4.79 Å². The van der Waals surface area contributed by atoms with E-state index in [1.165, 1.54) is 0 Å². The van der Waals surface area contributed by atoms with Crippen LogP contribution in [0.1, 0.15) is 6.42 Å². The Kier molecular flexibility index (Phi) is 2.56. The topological polar surface area (TPSA) is 58.4 Å². The maximum Gasteiger partial charge on any atom is 0.227 e. The van der Waals surface area contributed by atoms with Crippen molar-refractivity contribution in [2.45, 2.75) is 18.5 Å². The number of likely N-dealkylation sites (N-methyl/N-ethyl adjacent to an activating group) is 1.